The predicted octanol–water partition coefficient (Wildman–Crippen LogP) is 3.08. The summed E-state index contributed by atoms with van der Waals surface area (Å²) in [4.78, 5) is 11.3. The Bertz CT molecular complexity index is 188. The minimum absolute atomic E-state index is 0.170. The van der Waals surface area contributed by atoms with Crippen molar-refractivity contribution in [2.75, 3.05) is 7.11 Å². The van der Waals surface area contributed by atoms with Crippen molar-refractivity contribution in [3.63, 3.8) is 0 Å². The molecule has 0 aliphatic carbocycles. The van der Waals surface area contributed by atoms with Crippen LogP contribution in [-0.4, -0.2) is 13.1 Å². The minimum atomic E-state index is -0.170. The first kappa shape index (κ1) is 12.2. The average Bonchev–Trinajstić information content (AvgIpc) is 2.11. The zero-order valence-electron chi connectivity index (χ0n) is 9.14. The number of esters is 1. The van der Waals surface area contributed by atoms with Gasteiger partial charge in [0.05, 0.1) is 7.11 Å². The summed E-state index contributed by atoms with van der Waals surface area (Å²) in [7, 11) is 1.44. The fourth-order valence-corrected chi connectivity index (χ4v) is 1.23. The first-order valence-corrected chi connectivity index (χ1v) is 4.88. The second-order valence-corrected chi connectivity index (χ2v) is 3.43. The first-order chi connectivity index (χ1) is 6.13. The molecular formula is C11H20O2. The zero-order valence-corrected chi connectivity index (χ0v) is 9.14. The van der Waals surface area contributed by atoms with Gasteiger partial charge in [-0.05, 0) is 26.7 Å². The highest BCUT2D eigenvalue weighted by Crippen LogP contribution is 2.14. The van der Waals surface area contributed by atoms with Crippen molar-refractivity contribution in [3.8, 4) is 0 Å². The Balaban J connectivity index is 4.14. The molecule has 0 fully saturated rings. The fourth-order valence-electron chi connectivity index (χ4n) is 1.23. The van der Waals surface area contributed by atoms with E-state index in [0.717, 1.165) is 24.0 Å². The number of carbonyl (C=O) groups is 1. The van der Waals surface area contributed by atoms with E-state index in [2.05, 4.69) is 6.92 Å². The highest BCUT2D eigenvalue weighted by atomic mass is 16.5. The van der Waals surface area contributed by atoms with Gasteiger partial charge in [0.25, 0.3) is 0 Å². The maximum Gasteiger partial charge on any atom is 0.333 e. The van der Waals surface area contributed by atoms with Gasteiger partial charge in [0, 0.05) is 5.57 Å². The molecule has 0 rings (SSSR count). The predicted molar refractivity (Wildman–Crippen MR) is 54.5 cm³/mol. The molecule has 0 N–H and O–H groups in total. The third-order valence-electron chi connectivity index (χ3n) is 2.07. The van der Waals surface area contributed by atoms with Gasteiger partial charge in [-0.15, -0.1) is 0 Å². The van der Waals surface area contributed by atoms with Gasteiger partial charge in [-0.25, -0.2) is 4.79 Å². The lowest BCUT2D eigenvalue weighted by Gasteiger charge is -2.06. The Kier molecular flexibility index (Phi) is 6.29. The Morgan fingerprint density at radius 2 is 1.85 bits per heavy atom. The summed E-state index contributed by atoms with van der Waals surface area (Å²) in [6.07, 6.45) is 4.28. The number of hydrogen-bond donors (Lipinski definition) is 0. The van der Waals surface area contributed by atoms with E-state index in [1.54, 1.807) is 0 Å². The van der Waals surface area contributed by atoms with Gasteiger partial charge in [-0.2, -0.15) is 0 Å². The van der Waals surface area contributed by atoms with E-state index in [-0.39, 0.29) is 5.97 Å². The second kappa shape index (κ2) is 6.70. The average molecular weight is 184 g/mol. The lowest BCUT2D eigenvalue weighted by atomic mass is 10.0. The smallest absolute Gasteiger partial charge is 0.333 e. The van der Waals surface area contributed by atoms with Gasteiger partial charge in [0.15, 0.2) is 0 Å². The molecule has 0 saturated heterocycles. The van der Waals surface area contributed by atoms with Crippen LogP contribution in [0.2, 0.25) is 0 Å². The van der Waals surface area contributed by atoms with Crippen molar-refractivity contribution in [1.29, 1.82) is 0 Å². The minimum Gasteiger partial charge on any atom is -0.466 e. The maximum atomic E-state index is 11.3. The van der Waals surface area contributed by atoms with Gasteiger partial charge in [-0.1, -0.05) is 25.3 Å². The lowest BCUT2D eigenvalue weighted by Crippen LogP contribution is -2.06. The highest BCUT2D eigenvalue weighted by Gasteiger charge is 2.10. The Labute approximate surface area is 81.0 Å². The zero-order chi connectivity index (χ0) is 10.3. The van der Waals surface area contributed by atoms with Crippen LogP contribution in [0.4, 0.5) is 0 Å². The molecule has 0 radical (unpaired) electrons. The molecule has 0 unspecified atom stereocenters. The molecule has 0 bridgehead atoms. The molecule has 13 heavy (non-hydrogen) atoms. The number of hydrogen-bond acceptors (Lipinski definition) is 2. The lowest BCUT2D eigenvalue weighted by molar-refractivity contribution is -0.136. The maximum absolute atomic E-state index is 11.3. The standard InChI is InChI=1S/C11H20O2/c1-5-6-7-8-10(9(2)3)11(12)13-4/h5-8H2,1-4H3. The summed E-state index contributed by atoms with van der Waals surface area (Å²) in [5.41, 5.74) is 1.92. The van der Waals surface area contributed by atoms with Crippen molar-refractivity contribution in [2.24, 2.45) is 0 Å². The third kappa shape index (κ3) is 4.71. The van der Waals surface area contributed by atoms with Crippen LogP contribution >= 0.6 is 0 Å². The largest absolute Gasteiger partial charge is 0.466 e. The molecule has 0 aromatic rings. The highest BCUT2D eigenvalue weighted by molar-refractivity contribution is 5.89. The number of unbranched alkanes of at least 4 members (excludes halogenated alkanes) is 2. The number of methoxy groups -OCH3 is 1. The molecule has 0 spiro atoms. The topological polar surface area (TPSA) is 26.3 Å². The summed E-state index contributed by atoms with van der Waals surface area (Å²) < 4.78 is 4.71. The van der Waals surface area contributed by atoms with Crippen molar-refractivity contribution in [3.05, 3.63) is 11.1 Å². The first-order valence-electron chi connectivity index (χ1n) is 4.88. The van der Waals surface area contributed by atoms with E-state index in [1.807, 2.05) is 13.8 Å². The molecule has 2 heteroatoms. The van der Waals surface area contributed by atoms with E-state index >= 15 is 0 Å². The van der Waals surface area contributed by atoms with Crippen molar-refractivity contribution < 1.29 is 9.53 Å². The van der Waals surface area contributed by atoms with Crippen LogP contribution in [0.1, 0.15) is 46.5 Å². The van der Waals surface area contributed by atoms with Gasteiger partial charge in [0.1, 0.15) is 0 Å². The van der Waals surface area contributed by atoms with E-state index in [0.29, 0.717) is 0 Å². The Morgan fingerprint density at radius 1 is 1.23 bits per heavy atom. The number of rotatable bonds is 5. The molecule has 0 aliphatic rings. The van der Waals surface area contributed by atoms with Gasteiger partial charge >= 0.3 is 5.97 Å². The second-order valence-electron chi connectivity index (χ2n) is 3.43. The molecule has 2 nitrogen and oxygen atoms in total. The molecule has 76 valence electrons. The van der Waals surface area contributed by atoms with Crippen LogP contribution in [0.15, 0.2) is 11.1 Å². The summed E-state index contributed by atoms with van der Waals surface area (Å²) in [5, 5.41) is 0. The van der Waals surface area contributed by atoms with Crippen LogP contribution in [-0.2, 0) is 9.53 Å². The van der Waals surface area contributed by atoms with E-state index in [1.165, 1.54) is 20.0 Å². The summed E-state index contributed by atoms with van der Waals surface area (Å²) >= 11 is 0. The van der Waals surface area contributed by atoms with Crippen LogP contribution in [0.5, 0.6) is 0 Å². The summed E-state index contributed by atoms with van der Waals surface area (Å²) in [6, 6.07) is 0. The normalized spacial score (nSPS) is 9.54. The van der Waals surface area contributed by atoms with Crippen molar-refractivity contribution in [2.45, 2.75) is 46.5 Å². The van der Waals surface area contributed by atoms with Crippen LogP contribution in [0.3, 0.4) is 0 Å². The summed E-state index contributed by atoms with van der Waals surface area (Å²) in [6.45, 7) is 6.07. The SMILES string of the molecule is CCCCCC(C(=O)OC)=C(C)C. The molecular weight excluding hydrogens is 164 g/mol. The van der Waals surface area contributed by atoms with Crippen LogP contribution in [0.25, 0.3) is 0 Å². The third-order valence-corrected chi connectivity index (χ3v) is 2.07. The van der Waals surface area contributed by atoms with Crippen molar-refractivity contribution in [1.82, 2.24) is 0 Å². The van der Waals surface area contributed by atoms with E-state index in [4.69, 9.17) is 4.74 Å². The van der Waals surface area contributed by atoms with E-state index < -0.39 is 0 Å². The molecule has 0 aliphatic heterocycles. The molecule has 0 aromatic carbocycles. The molecule has 0 atom stereocenters. The van der Waals surface area contributed by atoms with Gasteiger partial charge in [0.2, 0.25) is 0 Å². The Hall–Kier alpha value is -0.790. The van der Waals surface area contributed by atoms with E-state index in [9.17, 15) is 4.79 Å². The molecule has 0 saturated carbocycles. The van der Waals surface area contributed by atoms with Gasteiger partial charge in [-0.3, -0.25) is 0 Å². The van der Waals surface area contributed by atoms with Crippen LogP contribution < -0.4 is 0 Å². The monoisotopic (exact) mass is 184 g/mol. The molecule has 0 heterocycles. The molecule has 0 amide bonds. The number of allylic oxidation sites excluding steroid dienone is 1. The summed E-state index contributed by atoms with van der Waals surface area (Å²) in [5.74, 6) is -0.170. The number of carbonyl (C=O) groups excluding carboxylic acids is 1. The number of ether oxygens (including phenoxy) is 1. The molecule has 0 aromatic heterocycles. The van der Waals surface area contributed by atoms with Crippen molar-refractivity contribution >= 4 is 5.97 Å². The van der Waals surface area contributed by atoms with Gasteiger partial charge < -0.3 is 4.74 Å². The van der Waals surface area contributed by atoms with Crippen LogP contribution in [0, 0.1) is 0 Å². The Morgan fingerprint density at radius 3 is 2.23 bits per heavy atom. The quantitative estimate of drug-likeness (QED) is 0.373. The fraction of sp³-hybridized carbons (Fsp3) is 0.727.